The number of halogens is 1. The van der Waals surface area contributed by atoms with Gasteiger partial charge in [-0.1, -0.05) is 0 Å². The normalized spacial score (nSPS) is 19.9. The Kier molecular flexibility index (Phi) is 4.60. The largest absolute Gasteiger partial charge is 0.378 e. The highest BCUT2D eigenvalue weighted by Crippen LogP contribution is 2.17. The fourth-order valence-corrected chi connectivity index (χ4v) is 3.08. The number of hydrogen-bond acceptors (Lipinski definition) is 3. The van der Waals surface area contributed by atoms with Crippen LogP contribution in [0.4, 0.5) is 0 Å². The van der Waals surface area contributed by atoms with Crippen LogP contribution in [0.15, 0.2) is 11.4 Å². The zero-order chi connectivity index (χ0) is 11.4. The number of amides is 1. The van der Waals surface area contributed by atoms with Crippen LogP contribution in [0.3, 0.4) is 0 Å². The average Bonchev–Trinajstić information content (AvgIpc) is 2.89. The molecule has 0 aliphatic carbocycles. The predicted octanol–water partition coefficient (Wildman–Crippen LogP) is 2.65. The van der Waals surface area contributed by atoms with Crippen LogP contribution in [0, 0.1) is 2.88 Å². The lowest BCUT2D eigenvalue weighted by atomic mass is 10.2. The lowest BCUT2D eigenvalue weighted by molar-refractivity contribution is 0.0907. The number of nitrogens with one attached hydrogen (secondary N) is 1. The first kappa shape index (κ1) is 12.3. The minimum absolute atomic E-state index is 0.0252. The molecule has 0 spiro atoms. The van der Waals surface area contributed by atoms with Crippen molar-refractivity contribution in [3.63, 3.8) is 0 Å². The number of carbonyl (C=O) groups is 1. The minimum Gasteiger partial charge on any atom is -0.378 e. The molecule has 2 heterocycles. The standard InChI is InChI=1S/C11H14INO2S/c12-10-6-8(7-16-10)11(14)13-4-3-9-2-1-5-15-9/h6-7,9H,1-5H2,(H,13,14). The molecule has 16 heavy (non-hydrogen) atoms. The van der Waals surface area contributed by atoms with Crippen LogP contribution in [0.25, 0.3) is 0 Å². The van der Waals surface area contributed by atoms with Gasteiger partial charge < -0.3 is 10.1 Å². The van der Waals surface area contributed by atoms with Gasteiger partial charge in [-0.15, -0.1) is 11.3 Å². The Morgan fingerprint density at radius 2 is 2.56 bits per heavy atom. The Bertz CT molecular complexity index is 361. The summed E-state index contributed by atoms with van der Waals surface area (Å²) in [6.07, 6.45) is 3.56. The Balaban J connectivity index is 1.71. The van der Waals surface area contributed by atoms with Crippen LogP contribution in [-0.2, 0) is 4.74 Å². The molecule has 0 aromatic carbocycles. The van der Waals surface area contributed by atoms with Crippen LogP contribution in [-0.4, -0.2) is 25.2 Å². The highest BCUT2D eigenvalue weighted by molar-refractivity contribution is 14.1. The zero-order valence-electron chi connectivity index (χ0n) is 8.87. The van der Waals surface area contributed by atoms with Gasteiger partial charge in [0, 0.05) is 18.5 Å². The lowest BCUT2D eigenvalue weighted by Crippen LogP contribution is -2.26. The van der Waals surface area contributed by atoms with Crippen molar-refractivity contribution in [2.24, 2.45) is 0 Å². The molecule has 1 saturated heterocycles. The summed E-state index contributed by atoms with van der Waals surface area (Å²) >= 11 is 3.81. The third kappa shape index (κ3) is 3.43. The fraction of sp³-hybridized carbons (Fsp3) is 0.545. The van der Waals surface area contributed by atoms with Gasteiger partial charge in [-0.05, 0) is 47.9 Å². The molecule has 0 radical (unpaired) electrons. The summed E-state index contributed by atoms with van der Waals surface area (Å²) in [6.45, 7) is 1.58. The van der Waals surface area contributed by atoms with Gasteiger partial charge in [0.2, 0.25) is 0 Å². The Hall–Kier alpha value is -0.140. The molecule has 5 heteroatoms. The first-order valence-corrected chi connectivity index (χ1v) is 7.35. The van der Waals surface area contributed by atoms with Crippen molar-refractivity contribution in [3.8, 4) is 0 Å². The van der Waals surface area contributed by atoms with Gasteiger partial charge in [-0.2, -0.15) is 0 Å². The van der Waals surface area contributed by atoms with E-state index in [1.165, 1.54) is 0 Å². The van der Waals surface area contributed by atoms with Gasteiger partial charge in [0.1, 0.15) is 0 Å². The quantitative estimate of drug-likeness (QED) is 0.847. The number of thiophene rings is 1. The highest BCUT2D eigenvalue weighted by atomic mass is 127. The van der Waals surface area contributed by atoms with Gasteiger partial charge in [-0.3, -0.25) is 4.79 Å². The van der Waals surface area contributed by atoms with E-state index in [0.717, 1.165) is 34.3 Å². The molecule has 2 rings (SSSR count). The van der Waals surface area contributed by atoms with Crippen molar-refractivity contribution in [1.29, 1.82) is 0 Å². The van der Waals surface area contributed by atoms with E-state index in [-0.39, 0.29) is 5.91 Å². The van der Waals surface area contributed by atoms with Crippen molar-refractivity contribution >= 4 is 39.8 Å². The number of rotatable bonds is 4. The second-order valence-electron chi connectivity index (χ2n) is 3.82. The van der Waals surface area contributed by atoms with Crippen LogP contribution in [0.1, 0.15) is 29.6 Å². The highest BCUT2D eigenvalue weighted by Gasteiger charge is 2.15. The zero-order valence-corrected chi connectivity index (χ0v) is 11.8. The van der Waals surface area contributed by atoms with Crippen molar-refractivity contribution in [2.45, 2.75) is 25.4 Å². The number of hydrogen-bond donors (Lipinski definition) is 1. The van der Waals surface area contributed by atoms with Crippen LogP contribution in [0.2, 0.25) is 0 Å². The van der Waals surface area contributed by atoms with E-state index in [4.69, 9.17) is 4.74 Å². The Morgan fingerprint density at radius 3 is 3.19 bits per heavy atom. The molecule has 1 amide bonds. The maximum Gasteiger partial charge on any atom is 0.252 e. The topological polar surface area (TPSA) is 38.3 Å². The van der Waals surface area contributed by atoms with Gasteiger partial charge >= 0.3 is 0 Å². The molecule has 1 fully saturated rings. The molecule has 1 unspecified atom stereocenters. The van der Waals surface area contributed by atoms with Crippen molar-refractivity contribution in [2.75, 3.05) is 13.2 Å². The van der Waals surface area contributed by atoms with E-state index in [0.29, 0.717) is 12.6 Å². The van der Waals surface area contributed by atoms with Gasteiger partial charge in [0.15, 0.2) is 0 Å². The van der Waals surface area contributed by atoms with Gasteiger partial charge in [0.25, 0.3) is 5.91 Å². The Labute approximate surface area is 113 Å². The minimum atomic E-state index is 0.0252. The van der Waals surface area contributed by atoms with E-state index in [1.807, 2.05) is 11.4 Å². The first-order valence-electron chi connectivity index (χ1n) is 5.39. The molecule has 1 aliphatic heterocycles. The molecule has 1 aliphatic rings. The molecular weight excluding hydrogens is 337 g/mol. The SMILES string of the molecule is O=C(NCCC1CCCO1)c1csc(I)c1. The number of carbonyl (C=O) groups excluding carboxylic acids is 1. The molecule has 1 aromatic heterocycles. The second kappa shape index (κ2) is 5.97. The summed E-state index contributed by atoms with van der Waals surface area (Å²) in [5.41, 5.74) is 0.766. The van der Waals surface area contributed by atoms with Gasteiger partial charge in [-0.25, -0.2) is 0 Å². The van der Waals surface area contributed by atoms with Crippen LogP contribution >= 0.6 is 33.9 Å². The third-order valence-corrected chi connectivity index (χ3v) is 4.39. The van der Waals surface area contributed by atoms with E-state index < -0.39 is 0 Å². The molecule has 1 atom stereocenters. The fourth-order valence-electron chi connectivity index (χ4n) is 1.75. The Morgan fingerprint density at radius 1 is 1.69 bits per heavy atom. The summed E-state index contributed by atoms with van der Waals surface area (Å²) in [5.74, 6) is 0.0252. The van der Waals surface area contributed by atoms with Gasteiger partial charge in [0.05, 0.1) is 14.6 Å². The first-order chi connectivity index (χ1) is 7.75. The smallest absolute Gasteiger partial charge is 0.252 e. The van der Waals surface area contributed by atoms with Crippen molar-refractivity contribution < 1.29 is 9.53 Å². The molecule has 1 aromatic rings. The molecular formula is C11H14INO2S. The average molecular weight is 351 g/mol. The summed E-state index contributed by atoms with van der Waals surface area (Å²) in [7, 11) is 0. The summed E-state index contributed by atoms with van der Waals surface area (Å²) in [5, 5.41) is 4.82. The summed E-state index contributed by atoms with van der Waals surface area (Å²) in [6, 6.07) is 1.91. The molecule has 88 valence electrons. The third-order valence-electron chi connectivity index (χ3n) is 2.61. The monoisotopic (exact) mass is 351 g/mol. The molecule has 0 saturated carbocycles. The van der Waals surface area contributed by atoms with Crippen molar-refractivity contribution in [1.82, 2.24) is 5.32 Å². The maximum absolute atomic E-state index is 11.7. The molecule has 0 bridgehead atoms. The van der Waals surface area contributed by atoms with Crippen LogP contribution in [0.5, 0.6) is 0 Å². The van der Waals surface area contributed by atoms with E-state index >= 15 is 0 Å². The van der Waals surface area contributed by atoms with E-state index in [2.05, 4.69) is 27.9 Å². The summed E-state index contributed by atoms with van der Waals surface area (Å²) < 4.78 is 6.63. The van der Waals surface area contributed by atoms with E-state index in [9.17, 15) is 4.79 Å². The van der Waals surface area contributed by atoms with Crippen LogP contribution < -0.4 is 5.32 Å². The number of ether oxygens (including phenoxy) is 1. The molecule has 3 nitrogen and oxygen atoms in total. The van der Waals surface area contributed by atoms with E-state index in [1.54, 1.807) is 11.3 Å². The lowest BCUT2D eigenvalue weighted by Gasteiger charge is -2.09. The second-order valence-corrected chi connectivity index (χ2v) is 6.62. The molecule has 1 N–H and O–H groups in total. The summed E-state index contributed by atoms with van der Waals surface area (Å²) in [4.78, 5) is 11.7. The van der Waals surface area contributed by atoms with Crippen molar-refractivity contribution in [3.05, 3.63) is 19.9 Å². The maximum atomic E-state index is 11.7. The predicted molar refractivity (Wildman–Crippen MR) is 73.0 cm³/mol.